The van der Waals surface area contributed by atoms with Crippen LogP contribution in [0, 0.1) is 5.41 Å². The van der Waals surface area contributed by atoms with Crippen molar-refractivity contribution in [2.45, 2.75) is 64.0 Å². The van der Waals surface area contributed by atoms with E-state index in [0.29, 0.717) is 11.5 Å². The Hall–Kier alpha value is -1.56. The second kappa shape index (κ2) is 7.55. The standard InChI is InChI=1S/C18H31N5O/c1-22(2)11-12-23-14-15(13-19-23)20-17(24)21-16-7-6-10-18(16)8-4-3-5-9-18/h13-14,16H,3-12H2,1-2H3,(H2,20,21,24). The molecule has 6 nitrogen and oxygen atoms in total. The molecule has 2 N–H and O–H groups in total. The third-order valence-corrected chi connectivity index (χ3v) is 5.73. The molecule has 134 valence electrons. The highest BCUT2D eigenvalue weighted by Crippen LogP contribution is 2.49. The van der Waals surface area contributed by atoms with Crippen LogP contribution >= 0.6 is 0 Å². The van der Waals surface area contributed by atoms with Gasteiger partial charge in [-0.3, -0.25) is 4.68 Å². The van der Waals surface area contributed by atoms with Gasteiger partial charge in [0, 0.05) is 18.8 Å². The van der Waals surface area contributed by atoms with Gasteiger partial charge in [-0.05, 0) is 45.2 Å². The zero-order chi connectivity index (χ0) is 17.0. The summed E-state index contributed by atoms with van der Waals surface area (Å²) >= 11 is 0. The lowest BCUT2D eigenvalue weighted by Crippen LogP contribution is -2.46. The molecule has 2 fully saturated rings. The van der Waals surface area contributed by atoms with Gasteiger partial charge in [0.15, 0.2) is 0 Å². The summed E-state index contributed by atoms with van der Waals surface area (Å²) in [4.78, 5) is 14.5. The molecule has 1 unspecified atom stereocenters. The van der Waals surface area contributed by atoms with Crippen molar-refractivity contribution in [3.63, 3.8) is 0 Å². The number of amides is 2. The van der Waals surface area contributed by atoms with E-state index in [-0.39, 0.29) is 6.03 Å². The summed E-state index contributed by atoms with van der Waals surface area (Å²) in [6.07, 6.45) is 13.8. The first-order chi connectivity index (χ1) is 11.6. The predicted octanol–water partition coefficient (Wildman–Crippen LogP) is 3.07. The smallest absolute Gasteiger partial charge is 0.319 e. The number of anilines is 1. The Kier molecular flexibility index (Phi) is 5.43. The number of aromatic nitrogens is 2. The molecule has 6 heteroatoms. The Morgan fingerprint density at radius 3 is 2.79 bits per heavy atom. The molecule has 2 aliphatic carbocycles. The lowest BCUT2D eigenvalue weighted by atomic mass is 9.70. The number of hydrogen-bond acceptors (Lipinski definition) is 3. The molecular formula is C18H31N5O. The lowest BCUT2D eigenvalue weighted by Gasteiger charge is -2.39. The second-order valence-corrected chi connectivity index (χ2v) is 7.76. The fourth-order valence-electron chi connectivity index (χ4n) is 4.40. The second-order valence-electron chi connectivity index (χ2n) is 7.76. The van der Waals surface area contributed by atoms with Crippen molar-refractivity contribution < 1.29 is 4.79 Å². The van der Waals surface area contributed by atoms with E-state index in [2.05, 4.69) is 20.6 Å². The van der Waals surface area contributed by atoms with Crippen molar-refractivity contribution >= 4 is 11.7 Å². The molecule has 2 aliphatic rings. The quantitative estimate of drug-likeness (QED) is 0.870. The highest BCUT2D eigenvalue weighted by Gasteiger charge is 2.43. The molecule has 0 saturated heterocycles. The summed E-state index contributed by atoms with van der Waals surface area (Å²) in [5, 5.41) is 10.5. The highest BCUT2D eigenvalue weighted by atomic mass is 16.2. The first-order valence-corrected chi connectivity index (χ1v) is 9.32. The zero-order valence-corrected chi connectivity index (χ0v) is 15.1. The number of nitrogens with one attached hydrogen (secondary N) is 2. The average molecular weight is 333 g/mol. The summed E-state index contributed by atoms with van der Waals surface area (Å²) in [5.41, 5.74) is 1.13. The summed E-state index contributed by atoms with van der Waals surface area (Å²) in [5.74, 6) is 0. The van der Waals surface area contributed by atoms with Gasteiger partial charge in [0.1, 0.15) is 0 Å². The Morgan fingerprint density at radius 1 is 1.29 bits per heavy atom. The molecular weight excluding hydrogens is 302 g/mol. The van der Waals surface area contributed by atoms with Gasteiger partial charge >= 0.3 is 6.03 Å². The van der Waals surface area contributed by atoms with Gasteiger partial charge in [-0.15, -0.1) is 0 Å². The first kappa shape index (κ1) is 17.3. The van der Waals surface area contributed by atoms with Gasteiger partial charge in [-0.2, -0.15) is 5.10 Å². The topological polar surface area (TPSA) is 62.2 Å². The molecule has 1 spiro atoms. The number of carbonyl (C=O) groups excluding carboxylic acids is 1. The lowest BCUT2D eigenvalue weighted by molar-refractivity contribution is 0.153. The van der Waals surface area contributed by atoms with Crippen LogP contribution in [0.3, 0.4) is 0 Å². The van der Waals surface area contributed by atoms with Crippen molar-refractivity contribution in [2.24, 2.45) is 5.41 Å². The maximum Gasteiger partial charge on any atom is 0.319 e. The molecule has 1 aromatic heterocycles. The Bertz CT molecular complexity index is 547. The van der Waals surface area contributed by atoms with E-state index < -0.39 is 0 Å². The minimum absolute atomic E-state index is 0.0843. The minimum atomic E-state index is -0.0843. The van der Waals surface area contributed by atoms with Crippen LogP contribution in [0.25, 0.3) is 0 Å². The molecule has 2 amide bonds. The number of rotatable bonds is 5. The maximum atomic E-state index is 12.4. The van der Waals surface area contributed by atoms with Crippen LogP contribution in [0.4, 0.5) is 10.5 Å². The normalized spacial score (nSPS) is 22.9. The highest BCUT2D eigenvalue weighted by molar-refractivity contribution is 5.89. The molecule has 0 aromatic carbocycles. The van der Waals surface area contributed by atoms with Crippen LogP contribution in [-0.4, -0.2) is 47.4 Å². The molecule has 0 aliphatic heterocycles. The van der Waals surface area contributed by atoms with E-state index in [1.807, 2.05) is 25.0 Å². The van der Waals surface area contributed by atoms with E-state index in [1.54, 1.807) is 6.20 Å². The van der Waals surface area contributed by atoms with Crippen LogP contribution < -0.4 is 10.6 Å². The fourth-order valence-corrected chi connectivity index (χ4v) is 4.40. The number of carbonyl (C=O) groups is 1. The number of nitrogens with zero attached hydrogens (tertiary/aromatic N) is 3. The summed E-state index contributed by atoms with van der Waals surface area (Å²) in [7, 11) is 4.08. The average Bonchev–Trinajstić information content (AvgIpc) is 3.14. The summed E-state index contributed by atoms with van der Waals surface area (Å²) < 4.78 is 1.87. The maximum absolute atomic E-state index is 12.4. The predicted molar refractivity (Wildman–Crippen MR) is 96.1 cm³/mol. The van der Waals surface area contributed by atoms with E-state index >= 15 is 0 Å². The van der Waals surface area contributed by atoms with Crippen molar-refractivity contribution in [1.82, 2.24) is 20.0 Å². The molecule has 1 heterocycles. The molecule has 1 atom stereocenters. The first-order valence-electron chi connectivity index (χ1n) is 9.32. The third kappa shape index (κ3) is 4.09. The van der Waals surface area contributed by atoms with Gasteiger partial charge in [-0.1, -0.05) is 25.7 Å². The summed E-state index contributed by atoms with van der Waals surface area (Å²) in [6, 6.07) is 0.251. The molecule has 1 aromatic rings. The third-order valence-electron chi connectivity index (χ3n) is 5.73. The van der Waals surface area contributed by atoms with Crippen LogP contribution in [0.5, 0.6) is 0 Å². The van der Waals surface area contributed by atoms with E-state index in [1.165, 1.54) is 44.9 Å². The van der Waals surface area contributed by atoms with Gasteiger partial charge in [-0.25, -0.2) is 4.79 Å². The van der Waals surface area contributed by atoms with Crippen LogP contribution in [0.1, 0.15) is 51.4 Å². The minimum Gasteiger partial charge on any atom is -0.335 e. The number of hydrogen-bond donors (Lipinski definition) is 2. The van der Waals surface area contributed by atoms with E-state index in [9.17, 15) is 4.79 Å². The molecule has 0 radical (unpaired) electrons. The van der Waals surface area contributed by atoms with Crippen molar-refractivity contribution in [3.8, 4) is 0 Å². The summed E-state index contributed by atoms with van der Waals surface area (Å²) in [6.45, 7) is 1.75. The number of urea groups is 1. The Balaban J connectivity index is 1.52. The van der Waals surface area contributed by atoms with Gasteiger partial charge < -0.3 is 15.5 Å². The van der Waals surface area contributed by atoms with Crippen molar-refractivity contribution in [2.75, 3.05) is 26.0 Å². The van der Waals surface area contributed by atoms with E-state index in [4.69, 9.17) is 0 Å². The largest absolute Gasteiger partial charge is 0.335 e. The Morgan fingerprint density at radius 2 is 2.04 bits per heavy atom. The van der Waals surface area contributed by atoms with Gasteiger partial charge in [0.25, 0.3) is 0 Å². The fraction of sp³-hybridized carbons (Fsp3) is 0.778. The Labute approximate surface area is 145 Å². The van der Waals surface area contributed by atoms with E-state index in [0.717, 1.165) is 25.2 Å². The zero-order valence-electron chi connectivity index (χ0n) is 15.1. The van der Waals surface area contributed by atoms with Crippen molar-refractivity contribution in [3.05, 3.63) is 12.4 Å². The van der Waals surface area contributed by atoms with Gasteiger partial charge in [0.05, 0.1) is 18.4 Å². The molecule has 3 rings (SSSR count). The molecule has 2 saturated carbocycles. The van der Waals surface area contributed by atoms with Crippen LogP contribution in [0.2, 0.25) is 0 Å². The molecule has 0 bridgehead atoms. The number of likely N-dealkylation sites (N-methyl/N-ethyl adjacent to an activating group) is 1. The van der Waals surface area contributed by atoms with Crippen LogP contribution in [-0.2, 0) is 6.54 Å². The van der Waals surface area contributed by atoms with Crippen LogP contribution in [0.15, 0.2) is 12.4 Å². The SMILES string of the molecule is CN(C)CCn1cc(NC(=O)NC2CCCC23CCCCC3)cn1. The monoisotopic (exact) mass is 333 g/mol. The molecule has 24 heavy (non-hydrogen) atoms. The van der Waals surface area contributed by atoms with Gasteiger partial charge in [0.2, 0.25) is 0 Å². The van der Waals surface area contributed by atoms with Crippen molar-refractivity contribution in [1.29, 1.82) is 0 Å².